The highest BCUT2D eigenvalue weighted by atomic mass is 14.9. The highest BCUT2D eigenvalue weighted by Crippen LogP contribution is 2.10. The van der Waals surface area contributed by atoms with Gasteiger partial charge in [-0.25, -0.2) is 0 Å². The third kappa shape index (κ3) is 6.75. The predicted octanol–water partition coefficient (Wildman–Crippen LogP) is 3.96. The van der Waals surface area contributed by atoms with Gasteiger partial charge >= 0.3 is 0 Å². The Morgan fingerprint density at radius 1 is 1.17 bits per heavy atom. The number of hydrogen-bond acceptors (Lipinski definition) is 2. The molecule has 0 amide bonds. The second-order valence-electron chi connectivity index (χ2n) is 5.05. The Labute approximate surface area is 112 Å². The summed E-state index contributed by atoms with van der Waals surface area (Å²) in [6, 6.07) is 4.88. The van der Waals surface area contributed by atoms with Crippen LogP contribution in [0.25, 0.3) is 0 Å². The zero-order valence-corrected chi connectivity index (χ0v) is 12.0. The average molecular weight is 248 g/mol. The van der Waals surface area contributed by atoms with Crippen molar-refractivity contribution in [1.29, 1.82) is 0 Å². The fraction of sp³-hybridized carbons (Fsp3) is 0.688. The molecule has 0 bridgehead atoms. The van der Waals surface area contributed by atoms with Crippen molar-refractivity contribution in [3.05, 3.63) is 30.1 Å². The Morgan fingerprint density at radius 2 is 2.06 bits per heavy atom. The van der Waals surface area contributed by atoms with Gasteiger partial charge in [0.2, 0.25) is 0 Å². The maximum atomic E-state index is 4.18. The van der Waals surface area contributed by atoms with Crippen LogP contribution in [0.15, 0.2) is 24.5 Å². The minimum absolute atomic E-state index is 0.678. The Balaban J connectivity index is 2.30. The molecule has 0 aliphatic rings. The van der Waals surface area contributed by atoms with E-state index in [1.165, 1.54) is 44.1 Å². The molecule has 0 aliphatic heterocycles. The molecule has 1 rings (SSSR count). The largest absolute Gasteiger partial charge is 0.314 e. The summed E-state index contributed by atoms with van der Waals surface area (Å²) in [5.74, 6) is 0. The van der Waals surface area contributed by atoms with Crippen molar-refractivity contribution < 1.29 is 0 Å². The van der Waals surface area contributed by atoms with Crippen LogP contribution in [-0.4, -0.2) is 17.6 Å². The van der Waals surface area contributed by atoms with Crippen LogP contribution < -0.4 is 5.32 Å². The zero-order chi connectivity index (χ0) is 13.1. The van der Waals surface area contributed by atoms with Gasteiger partial charge in [0.25, 0.3) is 0 Å². The van der Waals surface area contributed by atoms with Crippen molar-refractivity contribution >= 4 is 0 Å². The van der Waals surface area contributed by atoms with Crippen molar-refractivity contribution in [3.63, 3.8) is 0 Å². The van der Waals surface area contributed by atoms with E-state index in [0.29, 0.717) is 6.04 Å². The molecule has 0 saturated carbocycles. The minimum atomic E-state index is 0.678. The topological polar surface area (TPSA) is 24.9 Å². The lowest BCUT2D eigenvalue weighted by atomic mass is 10.0. The molecular weight excluding hydrogens is 220 g/mol. The molecule has 0 aliphatic carbocycles. The molecule has 1 atom stereocenters. The first-order valence-corrected chi connectivity index (χ1v) is 7.49. The van der Waals surface area contributed by atoms with Gasteiger partial charge in [-0.05, 0) is 43.9 Å². The van der Waals surface area contributed by atoms with Crippen LogP contribution in [0.3, 0.4) is 0 Å². The first-order valence-electron chi connectivity index (χ1n) is 7.49. The minimum Gasteiger partial charge on any atom is -0.314 e. The van der Waals surface area contributed by atoms with Crippen molar-refractivity contribution in [2.24, 2.45) is 0 Å². The van der Waals surface area contributed by atoms with E-state index in [4.69, 9.17) is 0 Å². The number of aryl methyl sites for hydroxylation is 1. The Hall–Kier alpha value is -0.890. The Kier molecular flexibility index (Phi) is 8.49. The summed E-state index contributed by atoms with van der Waals surface area (Å²) in [6.07, 6.45) is 12.8. The van der Waals surface area contributed by atoms with Gasteiger partial charge in [0.1, 0.15) is 0 Å². The van der Waals surface area contributed by atoms with Gasteiger partial charge in [0, 0.05) is 18.4 Å². The SMILES string of the molecule is CCCCCC(CCc1cccnc1)NCCC. The van der Waals surface area contributed by atoms with E-state index in [9.17, 15) is 0 Å². The van der Waals surface area contributed by atoms with Crippen LogP contribution in [0.1, 0.15) is 57.9 Å². The summed E-state index contributed by atoms with van der Waals surface area (Å²) < 4.78 is 0. The van der Waals surface area contributed by atoms with Crippen molar-refractivity contribution in [3.8, 4) is 0 Å². The molecule has 0 fully saturated rings. The second kappa shape index (κ2) is 10.1. The number of nitrogens with one attached hydrogen (secondary N) is 1. The van der Waals surface area contributed by atoms with Gasteiger partial charge in [0.15, 0.2) is 0 Å². The normalized spacial score (nSPS) is 12.6. The Bertz CT molecular complexity index is 284. The molecule has 0 spiro atoms. The predicted molar refractivity (Wildman–Crippen MR) is 78.8 cm³/mol. The molecule has 18 heavy (non-hydrogen) atoms. The maximum absolute atomic E-state index is 4.18. The van der Waals surface area contributed by atoms with Crippen LogP contribution in [0, 0.1) is 0 Å². The van der Waals surface area contributed by atoms with Gasteiger partial charge < -0.3 is 5.32 Å². The number of pyridine rings is 1. The quantitative estimate of drug-likeness (QED) is 0.634. The summed E-state index contributed by atoms with van der Waals surface area (Å²) in [4.78, 5) is 4.18. The molecule has 1 unspecified atom stereocenters. The van der Waals surface area contributed by atoms with Crippen molar-refractivity contribution in [2.45, 2.75) is 64.8 Å². The molecule has 102 valence electrons. The Morgan fingerprint density at radius 3 is 2.72 bits per heavy atom. The van der Waals surface area contributed by atoms with Gasteiger partial charge in [-0.3, -0.25) is 4.98 Å². The number of hydrogen-bond donors (Lipinski definition) is 1. The zero-order valence-electron chi connectivity index (χ0n) is 12.0. The van der Waals surface area contributed by atoms with E-state index < -0.39 is 0 Å². The number of rotatable bonds is 10. The average Bonchev–Trinajstić information content (AvgIpc) is 2.42. The van der Waals surface area contributed by atoms with Gasteiger partial charge in [-0.2, -0.15) is 0 Å². The highest BCUT2D eigenvalue weighted by Gasteiger charge is 2.07. The summed E-state index contributed by atoms with van der Waals surface area (Å²) in [5, 5.41) is 3.68. The fourth-order valence-corrected chi connectivity index (χ4v) is 2.22. The third-order valence-electron chi connectivity index (χ3n) is 3.34. The smallest absolute Gasteiger partial charge is 0.0299 e. The van der Waals surface area contributed by atoms with Crippen molar-refractivity contribution in [2.75, 3.05) is 6.54 Å². The lowest BCUT2D eigenvalue weighted by Gasteiger charge is -2.18. The second-order valence-corrected chi connectivity index (χ2v) is 5.05. The van der Waals surface area contributed by atoms with Crippen LogP contribution >= 0.6 is 0 Å². The molecule has 1 aromatic rings. The van der Waals surface area contributed by atoms with Gasteiger partial charge in [-0.1, -0.05) is 39.2 Å². The summed E-state index contributed by atoms with van der Waals surface area (Å²) in [6.45, 7) is 5.64. The fourth-order valence-electron chi connectivity index (χ4n) is 2.22. The summed E-state index contributed by atoms with van der Waals surface area (Å²) in [7, 11) is 0. The monoisotopic (exact) mass is 248 g/mol. The van der Waals surface area contributed by atoms with Crippen LogP contribution in [0.4, 0.5) is 0 Å². The molecule has 0 aromatic carbocycles. The lowest BCUT2D eigenvalue weighted by Crippen LogP contribution is -2.30. The highest BCUT2D eigenvalue weighted by molar-refractivity contribution is 5.08. The van der Waals surface area contributed by atoms with E-state index in [-0.39, 0.29) is 0 Å². The molecule has 0 saturated heterocycles. The number of unbranched alkanes of at least 4 members (excludes halogenated alkanes) is 2. The van der Waals surface area contributed by atoms with Crippen LogP contribution in [0.2, 0.25) is 0 Å². The van der Waals surface area contributed by atoms with E-state index >= 15 is 0 Å². The molecule has 2 nitrogen and oxygen atoms in total. The maximum Gasteiger partial charge on any atom is 0.0299 e. The van der Waals surface area contributed by atoms with Crippen LogP contribution in [-0.2, 0) is 6.42 Å². The lowest BCUT2D eigenvalue weighted by molar-refractivity contribution is 0.435. The number of nitrogens with zero attached hydrogens (tertiary/aromatic N) is 1. The standard InChI is InChI=1S/C16H28N2/c1-3-5-6-9-16(18-12-4-2)11-10-15-8-7-13-17-14-15/h7-8,13-14,16,18H,3-6,9-12H2,1-2H3. The third-order valence-corrected chi connectivity index (χ3v) is 3.34. The van der Waals surface area contributed by atoms with Gasteiger partial charge in [-0.15, -0.1) is 0 Å². The van der Waals surface area contributed by atoms with Crippen LogP contribution in [0.5, 0.6) is 0 Å². The van der Waals surface area contributed by atoms with E-state index in [1.54, 1.807) is 0 Å². The first kappa shape index (κ1) is 15.2. The summed E-state index contributed by atoms with van der Waals surface area (Å²) in [5.41, 5.74) is 1.36. The molecular formula is C16H28N2. The first-order chi connectivity index (χ1) is 8.86. The molecule has 2 heteroatoms. The van der Waals surface area contributed by atoms with E-state index in [1.807, 2.05) is 18.5 Å². The van der Waals surface area contributed by atoms with Gasteiger partial charge in [0.05, 0.1) is 0 Å². The molecule has 1 heterocycles. The molecule has 1 N–H and O–H groups in total. The molecule has 1 aromatic heterocycles. The molecule has 0 radical (unpaired) electrons. The van der Waals surface area contributed by atoms with Crippen molar-refractivity contribution in [1.82, 2.24) is 10.3 Å². The number of aromatic nitrogens is 1. The van der Waals surface area contributed by atoms with E-state index in [2.05, 4.69) is 30.2 Å². The van der Waals surface area contributed by atoms with E-state index in [0.717, 1.165) is 13.0 Å². The summed E-state index contributed by atoms with van der Waals surface area (Å²) >= 11 is 0.